The molecule has 1 aromatic carbocycles. The number of hydrogen-bond acceptors (Lipinski definition) is 3. The quantitative estimate of drug-likeness (QED) is 0.754. The minimum absolute atomic E-state index is 0.215. The zero-order chi connectivity index (χ0) is 17.5. The SMILES string of the molecule is C=CCC(CC(=O)O)(Cc1ccccc1)NC(=O)OC(C)(C)C. The van der Waals surface area contributed by atoms with Crippen LogP contribution in [-0.2, 0) is 16.0 Å². The standard InChI is InChI=1S/C18H25NO4/c1-5-11-18(13-15(20)21,12-14-9-7-6-8-10-14)19-16(22)23-17(2,3)4/h5-10H,1,11-13H2,2-4H3,(H,19,22)(H,20,21). The Hall–Kier alpha value is -2.30. The van der Waals surface area contributed by atoms with Gasteiger partial charge in [0, 0.05) is 0 Å². The Labute approximate surface area is 137 Å². The number of amides is 1. The molecule has 0 fully saturated rings. The van der Waals surface area contributed by atoms with Crippen LogP contribution in [0.5, 0.6) is 0 Å². The first-order valence-corrected chi connectivity index (χ1v) is 7.54. The number of ether oxygens (including phenoxy) is 1. The van der Waals surface area contributed by atoms with Gasteiger partial charge in [-0.25, -0.2) is 4.79 Å². The Morgan fingerprint density at radius 2 is 1.87 bits per heavy atom. The maximum absolute atomic E-state index is 12.2. The third-order valence-corrected chi connectivity index (χ3v) is 3.18. The van der Waals surface area contributed by atoms with E-state index in [-0.39, 0.29) is 6.42 Å². The van der Waals surface area contributed by atoms with Crippen molar-refractivity contribution < 1.29 is 19.4 Å². The molecule has 0 aromatic heterocycles. The number of hydrogen-bond donors (Lipinski definition) is 2. The van der Waals surface area contributed by atoms with Gasteiger partial charge in [0.1, 0.15) is 5.60 Å². The molecule has 2 N–H and O–H groups in total. The molecule has 23 heavy (non-hydrogen) atoms. The van der Waals surface area contributed by atoms with E-state index in [9.17, 15) is 14.7 Å². The Bertz CT molecular complexity index is 548. The van der Waals surface area contributed by atoms with Crippen molar-refractivity contribution in [2.45, 2.75) is 51.2 Å². The number of carboxylic acids is 1. The maximum Gasteiger partial charge on any atom is 0.408 e. The average molecular weight is 319 g/mol. The number of rotatable bonds is 7. The summed E-state index contributed by atoms with van der Waals surface area (Å²) in [7, 11) is 0. The van der Waals surface area contributed by atoms with Gasteiger partial charge >= 0.3 is 12.1 Å². The van der Waals surface area contributed by atoms with Crippen LogP contribution in [0.3, 0.4) is 0 Å². The number of benzene rings is 1. The predicted molar refractivity (Wildman–Crippen MR) is 89.3 cm³/mol. The average Bonchev–Trinajstić information content (AvgIpc) is 2.36. The highest BCUT2D eigenvalue weighted by Crippen LogP contribution is 2.23. The van der Waals surface area contributed by atoms with E-state index in [2.05, 4.69) is 11.9 Å². The molecule has 1 atom stereocenters. The summed E-state index contributed by atoms with van der Waals surface area (Å²) in [5.41, 5.74) is -0.691. The first-order valence-electron chi connectivity index (χ1n) is 7.54. The molecule has 0 aliphatic carbocycles. The number of alkyl carbamates (subject to hydrolysis) is 1. The van der Waals surface area contributed by atoms with Crippen molar-refractivity contribution in [1.29, 1.82) is 0 Å². The number of aliphatic carboxylic acids is 1. The number of carbonyl (C=O) groups excluding carboxylic acids is 1. The fourth-order valence-corrected chi connectivity index (χ4v) is 2.42. The van der Waals surface area contributed by atoms with Crippen LogP contribution in [0, 0.1) is 0 Å². The summed E-state index contributed by atoms with van der Waals surface area (Å²) < 4.78 is 5.28. The van der Waals surface area contributed by atoms with Gasteiger partial charge in [-0.1, -0.05) is 36.4 Å². The molecule has 1 amide bonds. The molecule has 0 spiro atoms. The van der Waals surface area contributed by atoms with E-state index < -0.39 is 23.2 Å². The van der Waals surface area contributed by atoms with E-state index >= 15 is 0 Å². The van der Waals surface area contributed by atoms with Crippen molar-refractivity contribution in [3.63, 3.8) is 0 Å². The highest BCUT2D eigenvalue weighted by Gasteiger charge is 2.35. The van der Waals surface area contributed by atoms with Gasteiger partial charge in [0.05, 0.1) is 12.0 Å². The van der Waals surface area contributed by atoms with Crippen LogP contribution in [0.1, 0.15) is 39.2 Å². The topological polar surface area (TPSA) is 75.6 Å². The van der Waals surface area contributed by atoms with Crippen molar-refractivity contribution >= 4 is 12.1 Å². The Kier molecular flexibility index (Phi) is 6.37. The Morgan fingerprint density at radius 3 is 2.35 bits per heavy atom. The summed E-state index contributed by atoms with van der Waals surface area (Å²) in [6.45, 7) is 8.97. The molecular formula is C18H25NO4. The minimum Gasteiger partial charge on any atom is -0.481 e. The van der Waals surface area contributed by atoms with Gasteiger partial charge in [0.2, 0.25) is 0 Å². The van der Waals surface area contributed by atoms with Gasteiger partial charge in [0.15, 0.2) is 0 Å². The molecule has 0 bridgehead atoms. The smallest absolute Gasteiger partial charge is 0.408 e. The molecule has 126 valence electrons. The van der Waals surface area contributed by atoms with E-state index in [0.29, 0.717) is 12.8 Å². The van der Waals surface area contributed by atoms with Crippen molar-refractivity contribution in [2.24, 2.45) is 0 Å². The molecule has 0 radical (unpaired) electrons. The lowest BCUT2D eigenvalue weighted by Gasteiger charge is -2.34. The monoisotopic (exact) mass is 319 g/mol. The van der Waals surface area contributed by atoms with Crippen LogP contribution < -0.4 is 5.32 Å². The molecule has 5 heteroatoms. The second kappa shape index (κ2) is 7.81. The van der Waals surface area contributed by atoms with Crippen molar-refractivity contribution in [3.8, 4) is 0 Å². The zero-order valence-electron chi connectivity index (χ0n) is 14.0. The second-order valence-corrected chi connectivity index (χ2v) is 6.63. The van der Waals surface area contributed by atoms with E-state index in [1.807, 2.05) is 30.3 Å². The number of nitrogens with one attached hydrogen (secondary N) is 1. The normalized spacial score (nSPS) is 13.7. The predicted octanol–water partition coefficient (Wildman–Crippen LogP) is 3.54. The van der Waals surface area contributed by atoms with E-state index in [4.69, 9.17) is 4.74 Å². The third kappa shape index (κ3) is 7.00. The van der Waals surface area contributed by atoms with Gasteiger partial charge in [-0.3, -0.25) is 4.79 Å². The summed E-state index contributed by atoms with van der Waals surface area (Å²) in [4.78, 5) is 23.5. The molecule has 1 aromatic rings. The van der Waals surface area contributed by atoms with Gasteiger partial charge in [-0.05, 0) is 39.2 Å². The fraction of sp³-hybridized carbons (Fsp3) is 0.444. The van der Waals surface area contributed by atoms with Crippen LogP contribution in [0.25, 0.3) is 0 Å². The van der Waals surface area contributed by atoms with Crippen LogP contribution >= 0.6 is 0 Å². The third-order valence-electron chi connectivity index (χ3n) is 3.18. The minimum atomic E-state index is -0.987. The van der Waals surface area contributed by atoms with E-state index in [1.165, 1.54) is 0 Å². The molecule has 1 unspecified atom stereocenters. The molecule has 0 heterocycles. The maximum atomic E-state index is 12.2. The number of carbonyl (C=O) groups is 2. The van der Waals surface area contributed by atoms with Gasteiger partial charge in [0.25, 0.3) is 0 Å². The summed E-state index contributed by atoms with van der Waals surface area (Å²) in [6.07, 6.45) is 1.48. The summed E-state index contributed by atoms with van der Waals surface area (Å²) in [6, 6.07) is 9.44. The highest BCUT2D eigenvalue weighted by molar-refractivity contribution is 5.73. The molecule has 0 saturated carbocycles. The Morgan fingerprint density at radius 1 is 1.26 bits per heavy atom. The largest absolute Gasteiger partial charge is 0.481 e. The lowest BCUT2D eigenvalue weighted by atomic mass is 9.84. The van der Waals surface area contributed by atoms with Crippen LogP contribution in [-0.4, -0.2) is 28.3 Å². The molecule has 1 rings (SSSR count). The van der Waals surface area contributed by atoms with Gasteiger partial charge < -0.3 is 15.2 Å². The molecule has 0 aliphatic rings. The second-order valence-electron chi connectivity index (χ2n) is 6.63. The van der Waals surface area contributed by atoms with Gasteiger partial charge in [-0.2, -0.15) is 0 Å². The summed E-state index contributed by atoms with van der Waals surface area (Å²) >= 11 is 0. The first kappa shape index (κ1) is 18.7. The van der Waals surface area contributed by atoms with Crippen molar-refractivity contribution in [2.75, 3.05) is 0 Å². The first-order chi connectivity index (χ1) is 10.7. The molecular weight excluding hydrogens is 294 g/mol. The Balaban J connectivity index is 3.04. The molecule has 5 nitrogen and oxygen atoms in total. The summed E-state index contributed by atoms with van der Waals surface area (Å²) in [5.74, 6) is -0.987. The van der Waals surface area contributed by atoms with Crippen LogP contribution in [0.4, 0.5) is 4.79 Å². The zero-order valence-corrected chi connectivity index (χ0v) is 14.0. The van der Waals surface area contributed by atoms with Gasteiger partial charge in [-0.15, -0.1) is 6.58 Å². The summed E-state index contributed by atoms with van der Waals surface area (Å²) in [5, 5.41) is 12.0. The number of carboxylic acid groups (broad SMARTS) is 1. The van der Waals surface area contributed by atoms with Crippen LogP contribution in [0.2, 0.25) is 0 Å². The lowest BCUT2D eigenvalue weighted by Crippen LogP contribution is -2.52. The molecule has 0 aliphatic heterocycles. The van der Waals surface area contributed by atoms with Crippen molar-refractivity contribution in [1.82, 2.24) is 5.32 Å². The van der Waals surface area contributed by atoms with E-state index in [0.717, 1.165) is 5.56 Å². The highest BCUT2D eigenvalue weighted by atomic mass is 16.6. The lowest BCUT2D eigenvalue weighted by molar-refractivity contribution is -0.138. The van der Waals surface area contributed by atoms with Crippen LogP contribution in [0.15, 0.2) is 43.0 Å². The van der Waals surface area contributed by atoms with Crippen molar-refractivity contribution in [3.05, 3.63) is 48.6 Å². The van der Waals surface area contributed by atoms with E-state index in [1.54, 1.807) is 26.8 Å². The fourth-order valence-electron chi connectivity index (χ4n) is 2.42. The molecule has 0 saturated heterocycles.